The van der Waals surface area contributed by atoms with Crippen LogP contribution in [-0.2, 0) is 0 Å². The van der Waals surface area contributed by atoms with Gasteiger partial charge in [0.1, 0.15) is 0 Å². The van der Waals surface area contributed by atoms with Crippen LogP contribution >= 0.6 is 0 Å². The van der Waals surface area contributed by atoms with Gasteiger partial charge in [0.15, 0.2) is 0 Å². The van der Waals surface area contributed by atoms with E-state index in [0.717, 1.165) is 12.2 Å². The second-order valence-electron chi connectivity index (χ2n) is 4.99. The van der Waals surface area contributed by atoms with Crippen LogP contribution in [0.1, 0.15) is 43.0 Å². The van der Waals surface area contributed by atoms with Gasteiger partial charge in [-0.1, -0.05) is 13.3 Å². The predicted molar refractivity (Wildman–Crippen MR) is 68.5 cm³/mol. The lowest BCUT2D eigenvalue weighted by Gasteiger charge is -2.15. The molecular weight excluding hydrogens is 214 g/mol. The summed E-state index contributed by atoms with van der Waals surface area (Å²) >= 11 is 0. The fraction of sp³-hybridized carbons (Fsp3) is 0.500. The van der Waals surface area contributed by atoms with Gasteiger partial charge in [-0.15, -0.1) is 0 Å². The maximum absolute atomic E-state index is 10.7. The fourth-order valence-corrected chi connectivity index (χ4v) is 2.24. The molecule has 3 heteroatoms. The van der Waals surface area contributed by atoms with E-state index in [4.69, 9.17) is 5.11 Å². The molecule has 0 atom stereocenters. The van der Waals surface area contributed by atoms with Crippen LogP contribution in [0.3, 0.4) is 0 Å². The van der Waals surface area contributed by atoms with E-state index in [1.54, 1.807) is 12.1 Å². The van der Waals surface area contributed by atoms with Crippen molar-refractivity contribution in [1.82, 2.24) is 0 Å². The Kier molecular flexibility index (Phi) is 3.36. The third-order valence-corrected chi connectivity index (χ3v) is 3.54. The predicted octanol–water partition coefficient (Wildman–Crippen LogP) is 3.38. The highest BCUT2D eigenvalue weighted by atomic mass is 16.4. The number of rotatable bonds is 6. The van der Waals surface area contributed by atoms with Crippen LogP contribution in [0.25, 0.3) is 0 Å². The van der Waals surface area contributed by atoms with Crippen molar-refractivity contribution in [2.45, 2.75) is 32.6 Å². The summed E-state index contributed by atoms with van der Waals surface area (Å²) in [5, 5.41) is 12.2. The standard InChI is InChI=1S/C14H19NO2/c1-2-7-14(8-9-14)10-15-12-5-3-11(4-6-12)13(16)17/h3-6,15H,2,7-10H2,1H3,(H,16,17). The molecule has 0 amide bonds. The molecule has 1 fully saturated rings. The molecule has 1 aliphatic rings. The summed E-state index contributed by atoms with van der Waals surface area (Å²) in [5.74, 6) is -0.874. The molecule has 0 spiro atoms. The number of hydrogen-bond acceptors (Lipinski definition) is 2. The Bertz CT molecular complexity index is 393. The summed E-state index contributed by atoms with van der Waals surface area (Å²) in [6, 6.07) is 6.96. The summed E-state index contributed by atoms with van der Waals surface area (Å²) in [7, 11) is 0. The second kappa shape index (κ2) is 4.78. The summed E-state index contributed by atoms with van der Waals surface area (Å²) in [6.07, 6.45) is 5.16. The molecule has 0 heterocycles. The molecule has 2 rings (SSSR count). The summed E-state index contributed by atoms with van der Waals surface area (Å²) in [6.45, 7) is 3.23. The van der Waals surface area contributed by atoms with Crippen LogP contribution in [-0.4, -0.2) is 17.6 Å². The molecule has 92 valence electrons. The van der Waals surface area contributed by atoms with Gasteiger partial charge in [0.2, 0.25) is 0 Å². The molecule has 1 aromatic rings. The molecular formula is C14H19NO2. The Labute approximate surface area is 102 Å². The minimum Gasteiger partial charge on any atom is -0.478 e. The highest BCUT2D eigenvalue weighted by molar-refractivity contribution is 5.87. The van der Waals surface area contributed by atoms with Gasteiger partial charge < -0.3 is 10.4 Å². The molecule has 0 bridgehead atoms. The molecule has 17 heavy (non-hydrogen) atoms. The number of anilines is 1. The minimum atomic E-state index is -0.874. The highest BCUT2D eigenvalue weighted by Gasteiger charge is 2.40. The number of hydrogen-bond donors (Lipinski definition) is 2. The van der Waals surface area contributed by atoms with E-state index in [0.29, 0.717) is 11.0 Å². The zero-order chi connectivity index (χ0) is 12.3. The first-order chi connectivity index (χ1) is 8.15. The monoisotopic (exact) mass is 233 g/mol. The van der Waals surface area contributed by atoms with Crippen molar-refractivity contribution < 1.29 is 9.90 Å². The van der Waals surface area contributed by atoms with Crippen LogP contribution in [0.15, 0.2) is 24.3 Å². The largest absolute Gasteiger partial charge is 0.478 e. The zero-order valence-electron chi connectivity index (χ0n) is 10.2. The molecule has 0 aliphatic heterocycles. The Hall–Kier alpha value is -1.51. The van der Waals surface area contributed by atoms with Crippen molar-refractivity contribution in [2.24, 2.45) is 5.41 Å². The number of carbonyl (C=O) groups is 1. The van der Waals surface area contributed by atoms with Gasteiger partial charge >= 0.3 is 5.97 Å². The Balaban J connectivity index is 1.89. The smallest absolute Gasteiger partial charge is 0.335 e. The van der Waals surface area contributed by atoms with Crippen LogP contribution < -0.4 is 5.32 Å². The van der Waals surface area contributed by atoms with Gasteiger partial charge in [-0.05, 0) is 48.9 Å². The van der Waals surface area contributed by atoms with Crippen molar-refractivity contribution >= 4 is 11.7 Å². The van der Waals surface area contributed by atoms with Crippen molar-refractivity contribution in [1.29, 1.82) is 0 Å². The summed E-state index contributed by atoms with van der Waals surface area (Å²) in [5.41, 5.74) is 1.86. The zero-order valence-corrected chi connectivity index (χ0v) is 10.2. The first-order valence-corrected chi connectivity index (χ1v) is 6.22. The van der Waals surface area contributed by atoms with Crippen LogP contribution in [0.5, 0.6) is 0 Å². The first kappa shape index (κ1) is 12.0. The van der Waals surface area contributed by atoms with E-state index in [9.17, 15) is 4.79 Å². The Morgan fingerprint density at radius 1 is 1.35 bits per heavy atom. The van der Waals surface area contributed by atoms with E-state index in [-0.39, 0.29) is 0 Å². The third-order valence-electron chi connectivity index (χ3n) is 3.54. The first-order valence-electron chi connectivity index (χ1n) is 6.22. The molecule has 0 radical (unpaired) electrons. The molecule has 0 saturated heterocycles. The molecule has 2 N–H and O–H groups in total. The fourth-order valence-electron chi connectivity index (χ4n) is 2.24. The number of carboxylic acid groups (broad SMARTS) is 1. The molecule has 1 aromatic carbocycles. The van der Waals surface area contributed by atoms with Crippen LogP contribution in [0, 0.1) is 5.41 Å². The lowest BCUT2D eigenvalue weighted by atomic mass is 10.0. The van der Waals surface area contributed by atoms with Crippen molar-refractivity contribution in [3.63, 3.8) is 0 Å². The van der Waals surface area contributed by atoms with Crippen LogP contribution in [0.4, 0.5) is 5.69 Å². The number of carboxylic acids is 1. The minimum absolute atomic E-state index is 0.338. The van der Waals surface area contributed by atoms with E-state index < -0.39 is 5.97 Å². The van der Waals surface area contributed by atoms with Crippen LogP contribution in [0.2, 0.25) is 0 Å². The van der Waals surface area contributed by atoms with Gasteiger partial charge in [0.05, 0.1) is 5.56 Å². The van der Waals surface area contributed by atoms with Gasteiger partial charge in [-0.2, -0.15) is 0 Å². The maximum atomic E-state index is 10.7. The van der Waals surface area contributed by atoms with Crippen molar-refractivity contribution in [2.75, 3.05) is 11.9 Å². The van der Waals surface area contributed by atoms with Crippen molar-refractivity contribution in [3.05, 3.63) is 29.8 Å². The lowest BCUT2D eigenvalue weighted by Crippen LogP contribution is -2.15. The van der Waals surface area contributed by atoms with Gasteiger partial charge in [-0.3, -0.25) is 0 Å². The number of aromatic carboxylic acids is 1. The summed E-state index contributed by atoms with van der Waals surface area (Å²) < 4.78 is 0. The maximum Gasteiger partial charge on any atom is 0.335 e. The normalized spacial score (nSPS) is 16.5. The van der Waals surface area contributed by atoms with Crippen molar-refractivity contribution in [3.8, 4) is 0 Å². The van der Waals surface area contributed by atoms with E-state index in [2.05, 4.69) is 12.2 Å². The lowest BCUT2D eigenvalue weighted by molar-refractivity contribution is 0.0697. The molecule has 0 unspecified atom stereocenters. The van der Waals surface area contributed by atoms with Gasteiger partial charge in [0.25, 0.3) is 0 Å². The number of nitrogens with one attached hydrogen (secondary N) is 1. The third kappa shape index (κ3) is 2.99. The highest BCUT2D eigenvalue weighted by Crippen LogP contribution is 2.49. The molecule has 0 aromatic heterocycles. The quantitative estimate of drug-likeness (QED) is 0.792. The topological polar surface area (TPSA) is 49.3 Å². The average Bonchev–Trinajstić information content (AvgIpc) is 3.08. The Morgan fingerprint density at radius 2 is 2.00 bits per heavy atom. The SMILES string of the molecule is CCCC1(CNc2ccc(C(=O)O)cc2)CC1. The second-order valence-corrected chi connectivity index (χ2v) is 4.99. The van der Waals surface area contributed by atoms with E-state index in [1.807, 2.05) is 12.1 Å². The number of benzene rings is 1. The van der Waals surface area contributed by atoms with E-state index in [1.165, 1.54) is 25.7 Å². The van der Waals surface area contributed by atoms with Gasteiger partial charge in [-0.25, -0.2) is 4.79 Å². The molecule has 3 nitrogen and oxygen atoms in total. The van der Waals surface area contributed by atoms with E-state index >= 15 is 0 Å². The summed E-state index contributed by atoms with van der Waals surface area (Å²) in [4.78, 5) is 10.7. The molecule has 1 aliphatic carbocycles. The molecule has 1 saturated carbocycles. The van der Waals surface area contributed by atoms with Gasteiger partial charge in [0, 0.05) is 12.2 Å². The average molecular weight is 233 g/mol. The Morgan fingerprint density at radius 3 is 2.47 bits per heavy atom.